The van der Waals surface area contributed by atoms with Crippen LogP contribution in [0, 0.1) is 17.2 Å². The predicted octanol–water partition coefficient (Wildman–Crippen LogP) is 3.37. The van der Waals surface area contributed by atoms with Crippen molar-refractivity contribution in [2.75, 3.05) is 19.6 Å². The first-order valence-electron chi connectivity index (χ1n) is 8.77. The SMILES string of the molecule is CC1CCN(C(CNS(=O)(=O)c2cccc(C#N)c2)c2cccs2)CC1. The van der Waals surface area contributed by atoms with E-state index >= 15 is 0 Å². The second kappa shape index (κ2) is 8.31. The third kappa shape index (κ3) is 4.51. The zero-order valence-corrected chi connectivity index (χ0v) is 16.4. The normalized spacial score (nSPS) is 17.7. The van der Waals surface area contributed by atoms with E-state index in [1.807, 2.05) is 17.5 Å². The van der Waals surface area contributed by atoms with Crippen LogP contribution in [0.5, 0.6) is 0 Å². The summed E-state index contributed by atoms with van der Waals surface area (Å²) in [5.41, 5.74) is 0.340. The van der Waals surface area contributed by atoms with E-state index in [9.17, 15) is 8.42 Å². The molecule has 0 aliphatic carbocycles. The van der Waals surface area contributed by atoms with Gasteiger partial charge in [0.15, 0.2) is 0 Å². The van der Waals surface area contributed by atoms with Gasteiger partial charge in [-0.1, -0.05) is 19.1 Å². The van der Waals surface area contributed by atoms with Gasteiger partial charge in [0.2, 0.25) is 10.0 Å². The highest BCUT2D eigenvalue weighted by atomic mass is 32.2. The molecule has 1 unspecified atom stereocenters. The summed E-state index contributed by atoms with van der Waals surface area (Å²) in [6.07, 6.45) is 2.28. The summed E-state index contributed by atoms with van der Waals surface area (Å²) in [5.74, 6) is 0.723. The van der Waals surface area contributed by atoms with Gasteiger partial charge in [-0.2, -0.15) is 5.26 Å². The van der Waals surface area contributed by atoms with Crippen molar-refractivity contribution in [1.29, 1.82) is 5.26 Å². The summed E-state index contributed by atoms with van der Waals surface area (Å²) < 4.78 is 28.1. The van der Waals surface area contributed by atoms with Crippen LogP contribution in [0.4, 0.5) is 0 Å². The Labute approximate surface area is 159 Å². The van der Waals surface area contributed by atoms with E-state index in [-0.39, 0.29) is 10.9 Å². The highest BCUT2D eigenvalue weighted by Crippen LogP contribution is 2.29. The fraction of sp³-hybridized carbons (Fsp3) is 0.421. The fourth-order valence-electron chi connectivity index (χ4n) is 3.24. The van der Waals surface area contributed by atoms with Crippen molar-refractivity contribution in [2.24, 2.45) is 5.92 Å². The Balaban J connectivity index is 1.76. The van der Waals surface area contributed by atoms with Gasteiger partial charge in [-0.3, -0.25) is 4.90 Å². The molecule has 5 nitrogen and oxygen atoms in total. The molecule has 1 aliphatic heterocycles. The zero-order chi connectivity index (χ0) is 18.6. The lowest BCUT2D eigenvalue weighted by Crippen LogP contribution is -2.41. The molecule has 2 aromatic rings. The van der Waals surface area contributed by atoms with E-state index in [2.05, 4.69) is 22.6 Å². The van der Waals surface area contributed by atoms with E-state index in [1.54, 1.807) is 23.5 Å². The maximum absolute atomic E-state index is 12.7. The molecule has 7 heteroatoms. The third-order valence-electron chi connectivity index (χ3n) is 4.87. The quantitative estimate of drug-likeness (QED) is 0.822. The maximum atomic E-state index is 12.7. The Morgan fingerprint density at radius 2 is 2.08 bits per heavy atom. The Bertz CT molecular complexity index is 864. The monoisotopic (exact) mass is 389 g/mol. The first-order chi connectivity index (χ1) is 12.5. The summed E-state index contributed by atoms with van der Waals surface area (Å²) in [6.45, 7) is 4.56. The Morgan fingerprint density at radius 3 is 2.73 bits per heavy atom. The molecule has 0 spiro atoms. The Morgan fingerprint density at radius 1 is 1.31 bits per heavy atom. The van der Waals surface area contributed by atoms with Crippen molar-refractivity contribution in [3.05, 3.63) is 52.2 Å². The van der Waals surface area contributed by atoms with Gasteiger partial charge < -0.3 is 0 Å². The molecule has 1 atom stereocenters. The summed E-state index contributed by atoms with van der Waals surface area (Å²) >= 11 is 1.66. The predicted molar refractivity (Wildman–Crippen MR) is 103 cm³/mol. The summed E-state index contributed by atoms with van der Waals surface area (Å²) in [4.78, 5) is 3.68. The number of likely N-dealkylation sites (tertiary alicyclic amines) is 1. The first-order valence-corrected chi connectivity index (χ1v) is 11.1. The highest BCUT2D eigenvalue weighted by Gasteiger charge is 2.27. The lowest BCUT2D eigenvalue weighted by atomic mass is 9.97. The minimum absolute atomic E-state index is 0.0384. The molecule has 1 aromatic carbocycles. The molecule has 0 amide bonds. The minimum Gasteiger partial charge on any atom is -0.294 e. The molecule has 2 heterocycles. The minimum atomic E-state index is -3.65. The zero-order valence-electron chi connectivity index (χ0n) is 14.8. The number of hydrogen-bond donors (Lipinski definition) is 1. The van der Waals surface area contributed by atoms with Crippen molar-refractivity contribution in [3.63, 3.8) is 0 Å². The number of hydrogen-bond acceptors (Lipinski definition) is 5. The van der Waals surface area contributed by atoms with E-state index in [4.69, 9.17) is 5.26 Å². The van der Waals surface area contributed by atoms with Gasteiger partial charge >= 0.3 is 0 Å². The van der Waals surface area contributed by atoms with Gasteiger partial charge in [0.05, 0.1) is 22.6 Å². The van der Waals surface area contributed by atoms with Crippen LogP contribution in [0.2, 0.25) is 0 Å². The van der Waals surface area contributed by atoms with Crippen LogP contribution < -0.4 is 4.72 Å². The molecule has 1 aliphatic rings. The molecule has 0 radical (unpaired) electrons. The van der Waals surface area contributed by atoms with Crippen molar-refractivity contribution in [3.8, 4) is 6.07 Å². The molecule has 138 valence electrons. The van der Waals surface area contributed by atoms with Crippen molar-refractivity contribution < 1.29 is 8.42 Å². The molecule has 0 saturated carbocycles. The molecule has 1 aromatic heterocycles. The third-order valence-corrected chi connectivity index (χ3v) is 7.27. The number of piperidine rings is 1. The van der Waals surface area contributed by atoms with Crippen LogP contribution >= 0.6 is 11.3 Å². The molecular weight excluding hydrogens is 366 g/mol. The number of benzene rings is 1. The second-order valence-corrected chi connectivity index (χ2v) is 9.49. The number of sulfonamides is 1. The van der Waals surface area contributed by atoms with Gasteiger partial charge in [0, 0.05) is 11.4 Å². The van der Waals surface area contributed by atoms with Crippen LogP contribution in [0.3, 0.4) is 0 Å². The van der Waals surface area contributed by atoms with Crippen LogP contribution in [-0.4, -0.2) is 33.0 Å². The lowest BCUT2D eigenvalue weighted by molar-refractivity contribution is 0.141. The highest BCUT2D eigenvalue weighted by molar-refractivity contribution is 7.89. The summed E-state index contributed by atoms with van der Waals surface area (Å²) in [7, 11) is -3.65. The van der Waals surface area contributed by atoms with E-state index in [0.717, 1.165) is 31.8 Å². The van der Waals surface area contributed by atoms with Gasteiger partial charge in [-0.25, -0.2) is 13.1 Å². The molecule has 3 rings (SSSR count). The number of nitriles is 1. The maximum Gasteiger partial charge on any atom is 0.240 e. The standard InChI is InChI=1S/C19H23N3O2S2/c1-15-7-9-22(10-8-15)18(19-6-3-11-25-19)14-21-26(23,24)17-5-2-4-16(12-17)13-20/h2-6,11-12,15,18,21H,7-10,14H2,1H3. The second-order valence-electron chi connectivity index (χ2n) is 6.74. The average molecular weight is 390 g/mol. The van der Waals surface area contributed by atoms with Crippen molar-refractivity contribution in [1.82, 2.24) is 9.62 Å². The van der Waals surface area contributed by atoms with E-state index < -0.39 is 10.0 Å². The van der Waals surface area contributed by atoms with Crippen LogP contribution in [0.15, 0.2) is 46.7 Å². The molecule has 1 fully saturated rings. The van der Waals surface area contributed by atoms with Crippen molar-refractivity contribution >= 4 is 21.4 Å². The molecule has 0 bridgehead atoms. The molecule has 1 N–H and O–H groups in total. The van der Waals surface area contributed by atoms with Crippen LogP contribution in [0.25, 0.3) is 0 Å². The Hall–Kier alpha value is -1.72. The van der Waals surface area contributed by atoms with Crippen LogP contribution in [0.1, 0.15) is 36.2 Å². The van der Waals surface area contributed by atoms with Gasteiger partial charge in [0.1, 0.15) is 0 Å². The summed E-state index contributed by atoms with van der Waals surface area (Å²) in [5, 5.41) is 11.0. The lowest BCUT2D eigenvalue weighted by Gasteiger charge is -2.36. The Kier molecular flexibility index (Phi) is 6.09. The van der Waals surface area contributed by atoms with Gasteiger partial charge in [-0.15, -0.1) is 11.3 Å². The fourth-order valence-corrected chi connectivity index (χ4v) is 5.18. The largest absolute Gasteiger partial charge is 0.294 e. The number of nitrogens with one attached hydrogen (secondary N) is 1. The molecule has 26 heavy (non-hydrogen) atoms. The first kappa shape index (κ1) is 19.1. The molecule has 1 saturated heterocycles. The molecular formula is C19H23N3O2S2. The van der Waals surface area contributed by atoms with Gasteiger partial charge in [0.25, 0.3) is 0 Å². The van der Waals surface area contributed by atoms with E-state index in [0.29, 0.717) is 12.1 Å². The van der Waals surface area contributed by atoms with E-state index in [1.165, 1.54) is 17.0 Å². The number of rotatable bonds is 6. The van der Waals surface area contributed by atoms with Gasteiger partial charge in [-0.05, 0) is 61.5 Å². The summed E-state index contributed by atoms with van der Waals surface area (Å²) in [6, 6.07) is 12.2. The van der Waals surface area contributed by atoms with Crippen LogP contribution in [-0.2, 0) is 10.0 Å². The number of thiophene rings is 1. The number of nitrogens with zero attached hydrogens (tertiary/aromatic N) is 2. The topological polar surface area (TPSA) is 73.2 Å². The average Bonchev–Trinajstić information content (AvgIpc) is 3.18. The smallest absolute Gasteiger partial charge is 0.240 e. The van der Waals surface area contributed by atoms with Crippen molar-refractivity contribution in [2.45, 2.75) is 30.7 Å².